The smallest absolute Gasteiger partial charge is 0.0344 e. The third-order valence-electron chi connectivity index (χ3n) is 5.45. The normalized spacial score (nSPS) is 32.2. The fourth-order valence-corrected chi connectivity index (χ4v) is 3.89. The van der Waals surface area contributed by atoms with Crippen LogP contribution in [0.4, 0.5) is 0 Å². The van der Waals surface area contributed by atoms with Gasteiger partial charge in [-0.05, 0) is 59.7 Å². The summed E-state index contributed by atoms with van der Waals surface area (Å²) >= 11 is 0. The predicted molar refractivity (Wildman–Crippen MR) is 86.0 cm³/mol. The second kappa shape index (κ2) is 7.21. The van der Waals surface area contributed by atoms with Crippen LogP contribution in [0.5, 0.6) is 0 Å². The second-order valence-corrected chi connectivity index (χ2v) is 7.06. The molecule has 20 heavy (non-hydrogen) atoms. The molecular formula is C16H34N4. The summed E-state index contributed by atoms with van der Waals surface area (Å²) in [6, 6.07) is 0.666. The molecule has 118 valence electrons. The molecule has 2 aliphatic rings. The van der Waals surface area contributed by atoms with Gasteiger partial charge in [0.1, 0.15) is 0 Å². The standard InChI is InChI=1S/C16H34N4/c1-15(2)19-9-4-6-16(14-17,7-11-19)20-10-5-8-18(3)12-13-20/h15H,4-14,17H2,1-3H3. The lowest BCUT2D eigenvalue weighted by Crippen LogP contribution is -2.55. The number of hydrogen-bond donors (Lipinski definition) is 1. The highest BCUT2D eigenvalue weighted by molar-refractivity contribution is 4.96. The van der Waals surface area contributed by atoms with E-state index >= 15 is 0 Å². The third-order valence-corrected chi connectivity index (χ3v) is 5.45. The van der Waals surface area contributed by atoms with Gasteiger partial charge in [-0.25, -0.2) is 0 Å². The van der Waals surface area contributed by atoms with Crippen molar-refractivity contribution in [2.45, 2.75) is 51.1 Å². The van der Waals surface area contributed by atoms with Gasteiger partial charge in [0.2, 0.25) is 0 Å². The van der Waals surface area contributed by atoms with Crippen molar-refractivity contribution in [3.63, 3.8) is 0 Å². The summed E-state index contributed by atoms with van der Waals surface area (Å²) in [5, 5.41) is 0. The molecule has 0 aliphatic carbocycles. The zero-order chi connectivity index (χ0) is 14.6. The number of nitrogens with two attached hydrogens (primary N) is 1. The zero-order valence-corrected chi connectivity index (χ0v) is 13.8. The highest BCUT2D eigenvalue weighted by Crippen LogP contribution is 2.29. The minimum atomic E-state index is 0.259. The first-order valence-corrected chi connectivity index (χ1v) is 8.45. The summed E-state index contributed by atoms with van der Waals surface area (Å²) in [6.07, 6.45) is 5.09. The Morgan fingerprint density at radius 2 is 1.75 bits per heavy atom. The van der Waals surface area contributed by atoms with Gasteiger partial charge < -0.3 is 15.5 Å². The van der Waals surface area contributed by atoms with Crippen molar-refractivity contribution in [3.8, 4) is 0 Å². The molecule has 4 nitrogen and oxygen atoms in total. The summed E-state index contributed by atoms with van der Waals surface area (Å²) < 4.78 is 0. The molecule has 1 atom stereocenters. The Balaban J connectivity index is 2.04. The largest absolute Gasteiger partial charge is 0.329 e. The Labute approximate surface area is 125 Å². The number of likely N-dealkylation sites (tertiary alicyclic amines) is 1. The average Bonchev–Trinajstić information content (AvgIpc) is 2.77. The van der Waals surface area contributed by atoms with Crippen LogP contribution in [0.1, 0.15) is 39.5 Å². The fourth-order valence-electron chi connectivity index (χ4n) is 3.89. The summed E-state index contributed by atoms with van der Waals surface area (Å²) in [6.45, 7) is 12.7. The summed E-state index contributed by atoms with van der Waals surface area (Å²) in [5.41, 5.74) is 6.53. The van der Waals surface area contributed by atoms with E-state index < -0.39 is 0 Å². The Kier molecular flexibility index (Phi) is 5.84. The molecule has 2 saturated heterocycles. The summed E-state index contributed by atoms with van der Waals surface area (Å²) in [4.78, 5) is 7.81. The van der Waals surface area contributed by atoms with E-state index in [9.17, 15) is 0 Å². The van der Waals surface area contributed by atoms with Crippen molar-refractivity contribution in [1.82, 2.24) is 14.7 Å². The van der Waals surface area contributed by atoms with Gasteiger partial charge in [0, 0.05) is 44.3 Å². The minimum Gasteiger partial charge on any atom is -0.329 e. The van der Waals surface area contributed by atoms with E-state index in [2.05, 4.69) is 35.6 Å². The monoisotopic (exact) mass is 282 g/mol. The van der Waals surface area contributed by atoms with E-state index in [1.54, 1.807) is 0 Å². The Morgan fingerprint density at radius 3 is 2.45 bits per heavy atom. The molecule has 2 heterocycles. The van der Waals surface area contributed by atoms with Crippen molar-refractivity contribution >= 4 is 0 Å². The molecule has 0 saturated carbocycles. The first kappa shape index (κ1) is 16.2. The molecule has 0 aromatic carbocycles. The maximum Gasteiger partial charge on any atom is 0.0344 e. The van der Waals surface area contributed by atoms with E-state index in [1.165, 1.54) is 65.0 Å². The maximum atomic E-state index is 6.27. The van der Waals surface area contributed by atoms with Crippen LogP contribution in [0.15, 0.2) is 0 Å². The van der Waals surface area contributed by atoms with Crippen LogP contribution in [0, 0.1) is 0 Å². The zero-order valence-electron chi connectivity index (χ0n) is 13.8. The molecule has 2 rings (SSSR count). The molecule has 0 spiro atoms. The van der Waals surface area contributed by atoms with Crippen molar-refractivity contribution < 1.29 is 0 Å². The van der Waals surface area contributed by atoms with Gasteiger partial charge in [-0.1, -0.05) is 0 Å². The lowest BCUT2D eigenvalue weighted by atomic mass is 9.88. The lowest BCUT2D eigenvalue weighted by Gasteiger charge is -2.43. The number of likely N-dealkylation sites (N-methyl/N-ethyl adjacent to an activating group) is 1. The molecule has 0 aromatic heterocycles. The van der Waals surface area contributed by atoms with Crippen LogP contribution in [-0.2, 0) is 0 Å². The summed E-state index contributed by atoms with van der Waals surface area (Å²) in [7, 11) is 2.24. The first-order valence-electron chi connectivity index (χ1n) is 8.45. The molecule has 1 unspecified atom stereocenters. The SMILES string of the molecule is CC(C)N1CCCC(CN)(N2CCCN(C)CC2)CC1. The molecule has 2 aliphatic heterocycles. The third kappa shape index (κ3) is 3.73. The topological polar surface area (TPSA) is 35.7 Å². The van der Waals surface area contributed by atoms with Gasteiger partial charge in [-0.15, -0.1) is 0 Å². The highest BCUT2D eigenvalue weighted by Gasteiger charge is 2.37. The summed E-state index contributed by atoms with van der Waals surface area (Å²) in [5.74, 6) is 0. The number of rotatable bonds is 3. The quantitative estimate of drug-likeness (QED) is 0.844. The minimum absolute atomic E-state index is 0.259. The van der Waals surface area contributed by atoms with Crippen LogP contribution >= 0.6 is 0 Å². The first-order chi connectivity index (χ1) is 9.57. The van der Waals surface area contributed by atoms with Gasteiger partial charge in [0.05, 0.1) is 0 Å². The van der Waals surface area contributed by atoms with Gasteiger partial charge in [-0.3, -0.25) is 4.90 Å². The van der Waals surface area contributed by atoms with Crippen molar-refractivity contribution in [1.29, 1.82) is 0 Å². The van der Waals surface area contributed by atoms with Crippen LogP contribution in [0.3, 0.4) is 0 Å². The van der Waals surface area contributed by atoms with Crippen molar-refractivity contribution in [2.24, 2.45) is 5.73 Å². The van der Waals surface area contributed by atoms with Crippen LogP contribution in [-0.4, -0.2) is 79.1 Å². The molecule has 2 fully saturated rings. The van der Waals surface area contributed by atoms with E-state index in [1.807, 2.05) is 0 Å². The van der Waals surface area contributed by atoms with E-state index in [0.29, 0.717) is 6.04 Å². The van der Waals surface area contributed by atoms with Crippen LogP contribution in [0.25, 0.3) is 0 Å². The molecular weight excluding hydrogens is 248 g/mol. The predicted octanol–water partition coefficient (Wildman–Crippen LogP) is 1.22. The van der Waals surface area contributed by atoms with Crippen molar-refractivity contribution in [3.05, 3.63) is 0 Å². The van der Waals surface area contributed by atoms with Crippen molar-refractivity contribution in [2.75, 3.05) is 52.9 Å². The molecule has 0 radical (unpaired) electrons. The average molecular weight is 282 g/mol. The highest BCUT2D eigenvalue weighted by atomic mass is 15.3. The van der Waals surface area contributed by atoms with E-state index in [4.69, 9.17) is 5.73 Å². The Bertz CT molecular complexity index is 294. The molecule has 0 bridgehead atoms. The molecule has 0 amide bonds. The van der Waals surface area contributed by atoms with Crippen LogP contribution in [0.2, 0.25) is 0 Å². The number of nitrogens with zero attached hydrogens (tertiary/aromatic N) is 3. The van der Waals surface area contributed by atoms with Gasteiger partial charge in [0.15, 0.2) is 0 Å². The number of hydrogen-bond acceptors (Lipinski definition) is 4. The molecule has 2 N–H and O–H groups in total. The fraction of sp³-hybridized carbons (Fsp3) is 1.00. The maximum absolute atomic E-state index is 6.27. The Hall–Kier alpha value is -0.160. The lowest BCUT2D eigenvalue weighted by molar-refractivity contribution is 0.0808. The van der Waals surface area contributed by atoms with Gasteiger partial charge >= 0.3 is 0 Å². The Morgan fingerprint density at radius 1 is 0.950 bits per heavy atom. The molecule has 4 heteroatoms. The van der Waals surface area contributed by atoms with E-state index in [0.717, 1.165) is 6.54 Å². The second-order valence-electron chi connectivity index (χ2n) is 7.06. The van der Waals surface area contributed by atoms with E-state index in [-0.39, 0.29) is 5.54 Å². The molecule has 0 aromatic rings. The van der Waals surface area contributed by atoms with Gasteiger partial charge in [0.25, 0.3) is 0 Å². The van der Waals surface area contributed by atoms with Crippen LogP contribution < -0.4 is 5.73 Å². The van der Waals surface area contributed by atoms with Gasteiger partial charge in [-0.2, -0.15) is 0 Å².